The third-order valence-electron chi connectivity index (χ3n) is 4.54. The summed E-state index contributed by atoms with van der Waals surface area (Å²) in [5.74, 6) is -2.44. The van der Waals surface area contributed by atoms with Crippen molar-refractivity contribution in [2.45, 2.75) is 0 Å². The van der Waals surface area contributed by atoms with Crippen molar-refractivity contribution in [3.05, 3.63) is 89.8 Å². The lowest BCUT2D eigenvalue weighted by atomic mass is 10.1. The lowest BCUT2D eigenvalue weighted by molar-refractivity contribution is -0.122. The second kappa shape index (κ2) is 8.86. The van der Waals surface area contributed by atoms with Gasteiger partial charge in [-0.25, -0.2) is 9.29 Å². The topological polar surface area (TPSA) is 94.4 Å². The van der Waals surface area contributed by atoms with Crippen LogP contribution in [-0.2, 0) is 9.59 Å². The highest BCUT2D eigenvalue weighted by Gasteiger charge is 2.35. The summed E-state index contributed by atoms with van der Waals surface area (Å²) in [4.78, 5) is 26.4. The first-order valence-corrected chi connectivity index (χ1v) is 9.80. The van der Waals surface area contributed by atoms with Crippen LogP contribution in [-0.4, -0.2) is 22.0 Å². The second-order valence-corrected chi connectivity index (χ2v) is 7.07. The standard InChI is InChI=1S/C23H15FN4O3S/c24-18-8-4-5-9-19(18)28-22(31)17(21(30)25-23(28)32)13-14-12-16(10-11-20(14)29)27-26-15-6-2-1-3-7-15/h1-13,29H,(H,25,30,32)/b17-13+,27-26?. The largest absolute Gasteiger partial charge is 0.507 e. The van der Waals surface area contributed by atoms with Crippen LogP contribution in [0, 0.1) is 5.82 Å². The van der Waals surface area contributed by atoms with Gasteiger partial charge in [0.1, 0.15) is 17.1 Å². The van der Waals surface area contributed by atoms with E-state index < -0.39 is 17.6 Å². The van der Waals surface area contributed by atoms with Crippen LogP contribution < -0.4 is 10.2 Å². The Bertz CT molecular complexity index is 1290. The molecule has 1 heterocycles. The van der Waals surface area contributed by atoms with Crippen molar-refractivity contribution in [2.24, 2.45) is 10.2 Å². The van der Waals surface area contributed by atoms with Crippen molar-refractivity contribution in [3.8, 4) is 5.75 Å². The quantitative estimate of drug-likeness (QED) is 0.261. The lowest BCUT2D eigenvalue weighted by Gasteiger charge is -2.29. The number of anilines is 1. The van der Waals surface area contributed by atoms with E-state index in [9.17, 15) is 19.1 Å². The first-order chi connectivity index (χ1) is 15.4. The molecular formula is C23H15FN4O3S. The number of benzene rings is 3. The molecule has 0 aliphatic carbocycles. The van der Waals surface area contributed by atoms with Crippen molar-refractivity contribution < 1.29 is 19.1 Å². The van der Waals surface area contributed by atoms with Crippen LogP contribution in [0.4, 0.5) is 21.5 Å². The SMILES string of the molecule is O=C1NC(=S)N(c2ccccc2F)C(=O)/C1=C/c1cc(N=Nc2ccccc2)ccc1O. The Morgan fingerprint density at radius 1 is 0.938 bits per heavy atom. The number of hydrogen-bond donors (Lipinski definition) is 2. The highest BCUT2D eigenvalue weighted by molar-refractivity contribution is 7.80. The number of aromatic hydroxyl groups is 1. The minimum absolute atomic E-state index is 0.0944. The van der Waals surface area contributed by atoms with E-state index in [1.165, 1.54) is 42.5 Å². The van der Waals surface area contributed by atoms with Gasteiger partial charge in [-0.1, -0.05) is 30.3 Å². The summed E-state index contributed by atoms with van der Waals surface area (Å²) in [6, 6.07) is 19.0. The molecule has 1 fully saturated rings. The fourth-order valence-electron chi connectivity index (χ4n) is 2.99. The molecule has 0 atom stereocenters. The summed E-state index contributed by atoms with van der Waals surface area (Å²) < 4.78 is 14.3. The summed E-state index contributed by atoms with van der Waals surface area (Å²) in [5.41, 5.74) is 0.770. The molecule has 32 heavy (non-hydrogen) atoms. The van der Waals surface area contributed by atoms with E-state index >= 15 is 0 Å². The van der Waals surface area contributed by atoms with Crippen molar-refractivity contribution in [2.75, 3.05) is 4.90 Å². The molecule has 0 bridgehead atoms. The van der Waals surface area contributed by atoms with Gasteiger partial charge in [0.15, 0.2) is 5.11 Å². The Balaban J connectivity index is 1.70. The summed E-state index contributed by atoms with van der Waals surface area (Å²) >= 11 is 5.07. The van der Waals surface area contributed by atoms with E-state index in [1.54, 1.807) is 18.2 Å². The Morgan fingerprint density at radius 2 is 1.62 bits per heavy atom. The number of nitrogens with zero attached hydrogens (tertiary/aromatic N) is 3. The number of halogens is 1. The van der Waals surface area contributed by atoms with E-state index in [-0.39, 0.29) is 27.7 Å². The Kier molecular flexibility index (Phi) is 5.82. The van der Waals surface area contributed by atoms with Crippen molar-refractivity contribution in [1.82, 2.24) is 5.32 Å². The molecule has 0 spiro atoms. The van der Waals surface area contributed by atoms with Crippen LogP contribution in [0.1, 0.15) is 5.56 Å². The number of rotatable bonds is 4. The fraction of sp³-hybridized carbons (Fsp3) is 0. The second-order valence-electron chi connectivity index (χ2n) is 6.69. The molecular weight excluding hydrogens is 431 g/mol. The van der Waals surface area contributed by atoms with E-state index in [0.717, 1.165) is 4.90 Å². The molecule has 158 valence electrons. The maximum Gasteiger partial charge on any atom is 0.270 e. The normalized spacial score (nSPS) is 15.5. The van der Waals surface area contributed by atoms with Gasteiger partial charge in [0, 0.05) is 5.56 Å². The lowest BCUT2D eigenvalue weighted by Crippen LogP contribution is -2.54. The number of phenols is 1. The van der Waals surface area contributed by atoms with Gasteiger partial charge in [-0.05, 0) is 60.8 Å². The highest BCUT2D eigenvalue weighted by atomic mass is 32.1. The monoisotopic (exact) mass is 446 g/mol. The van der Waals surface area contributed by atoms with E-state index in [2.05, 4.69) is 15.5 Å². The number of carbonyl (C=O) groups excluding carboxylic acids is 2. The molecule has 1 aliphatic heterocycles. The third kappa shape index (κ3) is 4.28. The molecule has 3 aromatic rings. The number of hydrogen-bond acceptors (Lipinski definition) is 6. The average molecular weight is 446 g/mol. The molecule has 9 heteroatoms. The number of azo groups is 1. The van der Waals surface area contributed by atoms with Gasteiger partial charge in [0.2, 0.25) is 0 Å². The number of nitrogens with one attached hydrogen (secondary N) is 1. The smallest absolute Gasteiger partial charge is 0.270 e. The number of carbonyl (C=O) groups is 2. The molecule has 2 amide bonds. The average Bonchev–Trinajstić information content (AvgIpc) is 2.78. The number of para-hydroxylation sites is 1. The summed E-state index contributed by atoms with van der Waals surface area (Å²) in [5, 5.41) is 20.6. The Morgan fingerprint density at radius 3 is 2.38 bits per heavy atom. The molecule has 3 aromatic carbocycles. The van der Waals surface area contributed by atoms with Gasteiger partial charge < -0.3 is 5.11 Å². The zero-order chi connectivity index (χ0) is 22.7. The van der Waals surface area contributed by atoms with Gasteiger partial charge in [0.25, 0.3) is 11.8 Å². The van der Waals surface area contributed by atoms with Crippen LogP contribution in [0.3, 0.4) is 0 Å². The number of amides is 2. The van der Waals surface area contributed by atoms with Crippen LogP contribution in [0.2, 0.25) is 0 Å². The molecule has 1 saturated heterocycles. The molecule has 7 nitrogen and oxygen atoms in total. The van der Waals surface area contributed by atoms with Crippen LogP contribution in [0.25, 0.3) is 6.08 Å². The van der Waals surface area contributed by atoms with Gasteiger partial charge in [0.05, 0.1) is 17.1 Å². The predicted octanol–water partition coefficient (Wildman–Crippen LogP) is 4.78. The minimum atomic E-state index is -0.820. The van der Waals surface area contributed by atoms with E-state index in [4.69, 9.17) is 12.2 Å². The van der Waals surface area contributed by atoms with Gasteiger partial charge in [-0.2, -0.15) is 10.2 Å². The molecule has 0 radical (unpaired) electrons. The van der Waals surface area contributed by atoms with Crippen molar-refractivity contribution >= 4 is 52.3 Å². The summed E-state index contributed by atoms with van der Waals surface area (Å²) in [7, 11) is 0. The zero-order valence-electron chi connectivity index (χ0n) is 16.4. The van der Waals surface area contributed by atoms with E-state index in [1.807, 2.05) is 18.2 Å². The maximum absolute atomic E-state index is 14.3. The summed E-state index contributed by atoms with van der Waals surface area (Å²) in [6.07, 6.45) is 1.20. The van der Waals surface area contributed by atoms with E-state index in [0.29, 0.717) is 11.4 Å². The van der Waals surface area contributed by atoms with Gasteiger partial charge in [-0.15, -0.1) is 0 Å². The molecule has 0 unspecified atom stereocenters. The fourth-order valence-corrected chi connectivity index (χ4v) is 3.27. The summed E-state index contributed by atoms with van der Waals surface area (Å²) in [6.45, 7) is 0. The predicted molar refractivity (Wildman–Crippen MR) is 121 cm³/mol. The zero-order valence-corrected chi connectivity index (χ0v) is 17.2. The molecule has 2 N–H and O–H groups in total. The van der Waals surface area contributed by atoms with Crippen molar-refractivity contribution in [3.63, 3.8) is 0 Å². The first-order valence-electron chi connectivity index (χ1n) is 9.40. The van der Waals surface area contributed by atoms with Crippen LogP contribution in [0.15, 0.2) is 88.6 Å². The van der Waals surface area contributed by atoms with Crippen LogP contribution in [0.5, 0.6) is 5.75 Å². The molecule has 4 rings (SSSR count). The third-order valence-corrected chi connectivity index (χ3v) is 4.83. The minimum Gasteiger partial charge on any atom is -0.507 e. The molecule has 0 aromatic heterocycles. The Labute approximate surface area is 187 Å². The highest BCUT2D eigenvalue weighted by Crippen LogP contribution is 2.29. The Hall–Kier alpha value is -4.24. The number of phenolic OH excluding ortho intramolecular Hbond substituents is 1. The van der Waals surface area contributed by atoms with Gasteiger partial charge >= 0.3 is 0 Å². The van der Waals surface area contributed by atoms with Crippen molar-refractivity contribution in [1.29, 1.82) is 0 Å². The molecule has 1 aliphatic rings. The molecule has 0 saturated carbocycles. The van der Waals surface area contributed by atoms with Crippen LogP contribution >= 0.6 is 12.2 Å². The number of thiocarbonyl (C=S) groups is 1. The first kappa shape index (κ1) is 21.0. The van der Waals surface area contributed by atoms with Gasteiger partial charge in [-0.3, -0.25) is 14.9 Å². The maximum atomic E-state index is 14.3.